The van der Waals surface area contributed by atoms with Gasteiger partial charge >= 0.3 is 0 Å². The molecule has 0 radical (unpaired) electrons. The molecule has 0 aliphatic rings. The van der Waals surface area contributed by atoms with Gasteiger partial charge in [0, 0.05) is 17.4 Å². The van der Waals surface area contributed by atoms with Crippen molar-refractivity contribution in [3.05, 3.63) is 79.3 Å². The molecule has 0 fully saturated rings. The van der Waals surface area contributed by atoms with E-state index in [-0.39, 0.29) is 0 Å². The Bertz CT molecular complexity index is 1220. The fraction of sp³-hybridized carbons (Fsp3) is 0.0455. The number of hydrogen-bond donors (Lipinski definition) is 1. The van der Waals surface area contributed by atoms with Crippen molar-refractivity contribution in [1.82, 2.24) is 14.5 Å². The van der Waals surface area contributed by atoms with Crippen LogP contribution in [0, 0.1) is 0 Å². The molecule has 1 N–H and O–H groups in total. The Hall–Kier alpha value is -3.53. The third kappa shape index (κ3) is 2.35. The minimum absolute atomic E-state index is 0.846. The lowest BCUT2D eigenvalue weighted by Crippen LogP contribution is -1.92. The van der Waals surface area contributed by atoms with Gasteiger partial charge in [0.25, 0.3) is 0 Å². The standard InChI is InChI=1S/C22H17N3O/c1-26-19-6-4-18(5-7-19)25-14-24-21-9-3-16(13-22(21)25)15-2-8-20-17(12-15)10-11-23-20/h2-14,23H,1H3. The van der Waals surface area contributed by atoms with Gasteiger partial charge in [0.15, 0.2) is 0 Å². The van der Waals surface area contributed by atoms with Gasteiger partial charge in [-0.1, -0.05) is 12.1 Å². The van der Waals surface area contributed by atoms with Gasteiger partial charge in [-0.25, -0.2) is 4.98 Å². The first kappa shape index (κ1) is 14.8. The van der Waals surface area contributed by atoms with E-state index in [0.29, 0.717) is 0 Å². The molecule has 4 heteroatoms. The number of hydrogen-bond acceptors (Lipinski definition) is 2. The number of ether oxygens (including phenoxy) is 1. The average molecular weight is 339 g/mol. The highest BCUT2D eigenvalue weighted by Gasteiger charge is 2.08. The number of H-pyrrole nitrogens is 1. The van der Waals surface area contributed by atoms with Crippen molar-refractivity contribution in [2.45, 2.75) is 0 Å². The van der Waals surface area contributed by atoms with E-state index in [1.807, 2.05) is 36.8 Å². The van der Waals surface area contributed by atoms with Crippen LogP contribution in [0.4, 0.5) is 0 Å². The van der Waals surface area contributed by atoms with E-state index in [1.165, 1.54) is 16.5 Å². The Kier molecular flexibility index (Phi) is 3.28. The van der Waals surface area contributed by atoms with Gasteiger partial charge in [0.2, 0.25) is 0 Å². The van der Waals surface area contributed by atoms with Crippen molar-refractivity contribution in [2.24, 2.45) is 0 Å². The summed E-state index contributed by atoms with van der Waals surface area (Å²) in [7, 11) is 1.68. The number of benzene rings is 3. The van der Waals surface area contributed by atoms with Crippen LogP contribution >= 0.6 is 0 Å². The molecule has 26 heavy (non-hydrogen) atoms. The molecule has 0 aliphatic heterocycles. The molecule has 4 nitrogen and oxygen atoms in total. The maximum atomic E-state index is 5.25. The smallest absolute Gasteiger partial charge is 0.119 e. The summed E-state index contributed by atoms with van der Waals surface area (Å²) in [5, 5.41) is 1.21. The lowest BCUT2D eigenvalue weighted by molar-refractivity contribution is 0.415. The molecule has 5 rings (SSSR count). The van der Waals surface area contributed by atoms with Crippen molar-refractivity contribution >= 4 is 21.9 Å². The van der Waals surface area contributed by atoms with E-state index in [9.17, 15) is 0 Å². The topological polar surface area (TPSA) is 42.8 Å². The summed E-state index contributed by atoms with van der Waals surface area (Å²) in [4.78, 5) is 7.78. The first-order chi connectivity index (χ1) is 12.8. The van der Waals surface area contributed by atoms with E-state index < -0.39 is 0 Å². The minimum atomic E-state index is 0.846. The molecule has 3 aromatic carbocycles. The monoisotopic (exact) mass is 339 g/mol. The summed E-state index contributed by atoms with van der Waals surface area (Å²) in [5.74, 6) is 0.846. The van der Waals surface area contributed by atoms with Gasteiger partial charge in [-0.05, 0) is 71.1 Å². The molecular formula is C22H17N3O. The van der Waals surface area contributed by atoms with Crippen molar-refractivity contribution in [3.8, 4) is 22.6 Å². The Morgan fingerprint density at radius 1 is 0.885 bits per heavy atom. The second kappa shape index (κ2) is 5.77. The molecule has 0 aliphatic carbocycles. The molecule has 0 spiro atoms. The number of imidazole rings is 1. The second-order valence-corrected chi connectivity index (χ2v) is 6.30. The zero-order valence-corrected chi connectivity index (χ0v) is 14.3. The van der Waals surface area contributed by atoms with E-state index in [4.69, 9.17) is 4.74 Å². The molecule has 0 saturated carbocycles. The number of fused-ring (bicyclic) bond motifs is 2. The van der Waals surface area contributed by atoms with Crippen LogP contribution < -0.4 is 4.74 Å². The first-order valence-corrected chi connectivity index (χ1v) is 8.51. The third-order valence-corrected chi connectivity index (χ3v) is 4.78. The third-order valence-electron chi connectivity index (χ3n) is 4.78. The maximum absolute atomic E-state index is 5.25. The Morgan fingerprint density at radius 2 is 1.69 bits per heavy atom. The molecule has 0 bridgehead atoms. The summed E-state index contributed by atoms with van der Waals surface area (Å²) in [6, 6.07) is 23.0. The van der Waals surface area contributed by atoms with Gasteiger partial charge in [-0.2, -0.15) is 0 Å². The predicted molar refractivity (Wildman–Crippen MR) is 105 cm³/mol. The van der Waals surface area contributed by atoms with E-state index >= 15 is 0 Å². The number of nitrogens with one attached hydrogen (secondary N) is 1. The molecule has 0 unspecified atom stereocenters. The van der Waals surface area contributed by atoms with E-state index in [1.54, 1.807) is 7.11 Å². The molecule has 2 heterocycles. The maximum Gasteiger partial charge on any atom is 0.119 e. The minimum Gasteiger partial charge on any atom is -0.497 e. The fourth-order valence-electron chi connectivity index (χ4n) is 3.37. The van der Waals surface area contributed by atoms with Crippen LogP contribution in [0.3, 0.4) is 0 Å². The number of rotatable bonds is 3. The molecule has 0 atom stereocenters. The average Bonchev–Trinajstić information content (AvgIpc) is 3.33. The second-order valence-electron chi connectivity index (χ2n) is 6.30. The molecule has 0 amide bonds. The largest absolute Gasteiger partial charge is 0.497 e. The number of aromatic amines is 1. The van der Waals surface area contributed by atoms with Gasteiger partial charge < -0.3 is 9.72 Å². The van der Waals surface area contributed by atoms with Crippen molar-refractivity contribution in [2.75, 3.05) is 7.11 Å². The van der Waals surface area contributed by atoms with Crippen LogP contribution in [0.1, 0.15) is 0 Å². The van der Waals surface area contributed by atoms with Gasteiger partial charge in [-0.3, -0.25) is 4.57 Å². The fourth-order valence-corrected chi connectivity index (χ4v) is 3.37. The van der Waals surface area contributed by atoms with Crippen molar-refractivity contribution < 1.29 is 4.74 Å². The predicted octanol–water partition coefficient (Wildman–Crippen LogP) is 5.18. The highest BCUT2D eigenvalue weighted by molar-refractivity contribution is 5.88. The van der Waals surface area contributed by atoms with Crippen LogP contribution in [-0.4, -0.2) is 21.6 Å². The van der Waals surface area contributed by atoms with Crippen LogP contribution in [0.5, 0.6) is 5.75 Å². The van der Waals surface area contributed by atoms with Crippen LogP contribution in [0.15, 0.2) is 79.3 Å². The molecule has 2 aromatic heterocycles. The molecular weight excluding hydrogens is 322 g/mol. The summed E-state index contributed by atoms with van der Waals surface area (Å²) in [5.41, 5.74) is 6.65. The van der Waals surface area contributed by atoms with Crippen LogP contribution in [0.2, 0.25) is 0 Å². The Morgan fingerprint density at radius 3 is 2.54 bits per heavy atom. The summed E-state index contributed by atoms with van der Waals surface area (Å²) < 4.78 is 7.36. The lowest BCUT2D eigenvalue weighted by atomic mass is 10.0. The lowest BCUT2D eigenvalue weighted by Gasteiger charge is -2.07. The number of aromatic nitrogens is 3. The number of nitrogens with zero attached hydrogens (tertiary/aromatic N) is 2. The van der Waals surface area contributed by atoms with E-state index in [0.717, 1.165) is 28.0 Å². The SMILES string of the molecule is COc1ccc(-n2cnc3ccc(-c4ccc5[nH]ccc5c4)cc32)cc1. The highest BCUT2D eigenvalue weighted by Crippen LogP contribution is 2.28. The first-order valence-electron chi connectivity index (χ1n) is 8.51. The highest BCUT2D eigenvalue weighted by atomic mass is 16.5. The molecule has 0 saturated heterocycles. The van der Waals surface area contributed by atoms with Gasteiger partial charge in [0.05, 0.1) is 18.1 Å². The number of methoxy groups -OCH3 is 1. The molecule has 5 aromatic rings. The van der Waals surface area contributed by atoms with Crippen molar-refractivity contribution in [1.29, 1.82) is 0 Å². The quantitative estimate of drug-likeness (QED) is 0.492. The Balaban J connectivity index is 1.63. The Labute approximate surface area is 150 Å². The zero-order chi connectivity index (χ0) is 17.5. The summed E-state index contributed by atoms with van der Waals surface area (Å²) in [6.07, 6.45) is 3.84. The van der Waals surface area contributed by atoms with Crippen molar-refractivity contribution in [3.63, 3.8) is 0 Å². The molecule has 126 valence electrons. The zero-order valence-electron chi connectivity index (χ0n) is 14.3. The normalized spacial score (nSPS) is 11.3. The van der Waals surface area contributed by atoms with Gasteiger partial charge in [-0.15, -0.1) is 0 Å². The van der Waals surface area contributed by atoms with Crippen LogP contribution in [0.25, 0.3) is 38.8 Å². The van der Waals surface area contributed by atoms with Crippen LogP contribution in [-0.2, 0) is 0 Å². The van der Waals surface area contributed by atoms with E-state index in [2.05, 4.69) is 57.0 Å². The summed E-state index contributed by atoms with van der Waals surface area (Å²) in [6.45, 7) is 0. The summed E-state index contributed by atoms with van der Waals surface area (Å²) >= 11 is 0. The van der Waals surface area contributed by atoms with Gasteiger partial charge in [0.1, 0.15) is 12.1 Å².